The highest BCUT2D eigenvalue weighted by Gasteiger charge is 2.16. The van der Waals surface area contributed by atoms with Crippen molar-refractivity contribution in [2.75, 3.05) is 0 Å². The van der Waals surface area contributed by atoms with Crippen LogP contribution in [0.5, 0.6) is 0 Å². The summed E-state index contributed by atoms with van der Waals surface area (Å²) in [7, 11) is 0. The molecule has 0 saturated heterocycles. The molecule has 4 rings (SSSR count). The summed E-state index contributed by atoms with van der Waals surface area (Å²) in [5, 5.41) is 15.5. The first kappa shape index (κ1) is 20.0. The topological polar surface area (TPSA) is 85.8 Å². The van der Waals surface area contributed by atoms with E-state index in [-0.39, 0.29) is 11.9 Å². The van der Waals surface area contributed by atoms with Gasteiger partial charge in [-0.1, -0.05) is 34.1 Å². The first-order chi connectivity index (χ1) is 14.4. The molecule has 8 heteroatoms. The minimum Gasteiger partial charge on any atom is -0.420 e. The molecule has 0 fully saturated rings. The van der Waals surface area contributed by atoms with Crippen molar-refractivity contribution in [3.8, 4) is 17.3 Å². The van der Waals surface area contributed by atoms with Crippen molar-refractivity contribution in [2.45, 2.75) is 26.8 Å². The number of hydrogen-bond acceptors (Lipinski definition) is 5. The third kappa shape index (κ3) is 4.18. The van der Waals surface area contributed by atoms with Crippen LogP contribution in [0.1, 0.15) is 40.5 Å². The molecule has 0 bridgehead atoms. The molecule has 0 spiro atoms. The van der Waals surface area contributed by atoms with Crippen LogP contribution >= 0.6 is 15.9 Å². The molecule has 0 aliphatic rings. The van der Waals surface area contributed by atoms with Crippen molar-refractivity contribution in [2.24, 2.45) is 0 Å². The molecular weight excluding hydrogens is 446 g/mol. The lowest BCUT2D eigenvalue weighted by Gasteiger charge is -2.15. The Bertz CT molecular complexity index is 1200. The molecule has 30 heavy (non-hydrogen) atoms. The molecule has 2 aromatic heterocycles. The van der Waals surface area contributed by atoms with E-state index in [9.17, 15) is 4.79 Å². The zero-order valence-electron chi connectivity index (χ0n) is 16.8. The van der Waals surface area contributed by atoms with Gasteiger partial charge in [0, 0.05) is 22.7 Å². The minimum atomic E-state index is -0.148. The number of aromatic nitrogens is 4. The molecule has 7 nitrogen and oxygen atoms in total. The smallest absolute Gasteiger partial charge is 0.268 e. The highest BCUT2D eigenvalue weighted by atomic mass is 79.9. The van der Waals surface area contributed by atoms with Gasteiger partial charge in [0.25, 0.3) is 11.8 Å². The fourth-order valence-corrected chi connectivity index (χ4v) is 3.40. The summed E-state index contributed by atoms with van der Waals surface area (Å²) in [5.41, 5.74) is 3.85. The number of carbonyl (C=O) groups excluding carboxylic acids is 1. The van der Waals surface area contributed by atoms with Crippen molar-refractivity contribution >= 4 is 21.8 Å². The van der Waals surface area contributed by atoms with Gasteiger partial charge in [-0.15, -0.1) is 10.2 Å². The van der Waals surface area contributed by atoms with Crippen molar-refractivity contribution in [3.63, 3.8) is 0 Å². The van der Waals surface area contributed by atoms with E-state index in [0.29, 0.717) is 23.0 Å². The number of nitrogens with one attached hydrogen (secondary N) is 1. The van der Waals surface area contributed by atoms with Gasteiger partial charge in [0.15, 0.2) is 0 Å². The third-order valence-electron chi connectivity index (χ3n) is 4.70. The average Bonchev–Trinajstić information content (AvgIpc) is 3.34. The van der Waals surface area contributed by atoms with Gasteiger partial charge < -0.3 is 9.73 Å². The standard InChI is InChI=1S/C22H20BrN5O2/c1-13-11-20(22-26-25-15(3)30-22)27-28(13)19-6-4-5-17(12-19)21(29)24-14(2)16-7-9-18(23)10-8-16/h4-12,14H,1-3H3,(H,24,29)/t14-/m1/s1. The third-order valence-corrected chi connectivity index (χ3v) is 5.23. The Kier molecular flexibility index (Phi) is 5.50. The van der Waals surface area contributed by atoms with E-state index in [0.717, 1.165) is 21.4 Å². The highest BCUT2D eigenvalue weighted by molar-refractivity contribution is 9.10. The van der Waals surface area contributed by atoms with E-state index in [2.05, 4.69) is 36.5 Å². The fraction of sp³-hybridized carbons (Fsp3) is 0.182. The Morgan fingerprint density at radius 1 is 1.10 bits per heavy atom. The molecule has 0 saturated carbocycles. The molecule has 4 aromatic rings. The van der Waals surface area contributed by atoms with Crippen LogP contribution in [0, 0.1) is 13.8 Å². The molecule has 0 radical (unpaired) electrons. The lowest BCUT2D eigenvalue weighted by molar-refractivity contribution is 0.0940. The normalized spacial score (nSPS) is 12.0. The maximum absolute atomic E-state index is 12.8. The Hall–Kier alpha value is -3.26. The second kappa shape index (κ2) is 8.23. The number of nitrogens with zero attached hydrogens (tertiary/aromatic N) is 4. The average molecular weight is 466 g/mol. The molecule has 1 N–H and O–H groups in total. The first-order valence-corrected chi connectivity index (χ1v) is 10.2. The van der Waals surface area contributed by atoms with Crippen LogP contribution in [-0.4, -0.2) is 25.9 Å². The van der Waals surface area contributed by atoms with Gasteiger partial charge in [0.1, 0.15) is 5.69 Å². The van der Waals surface area contributed by atoms with Gasteiger partial charge in [-0.05, 0) is 55.8 Å². The minimum absolute atomic E-state index is 0.118. The fourth-order valence-electron chi connectivity index (χ4n) is 3.13. The van der Waals surface area contributed by atoms with Crippen LogP contribution in [0.3, 0.4) is 0 Å². The van der Waals surface area contributed by atoms with Gasteiger partial charge in [-0.2, -0.15) is 5.10 Å². The molecule has 0 aliphatic carbocycles. The van der Waals surface area contributed by atoms with Crippen LogP contribution in [0.2, 0.25) is 0 Å². The zero-order valence-corrected chi connectivity index (χ0v) is 18.3. The van der Waals surface area contributed by atoms with Gasteiger partial charge in [0.05, 0.1) is 11.7 Å². The van der Waals surface area contributed by atoms with Crippen molar-refractivity contribution in [1.82, 2.24) is 25.3 Å². The number of benzene rings is 2. The Balaban J connectivity index is 1.56. The van der Waals surface area contributed by atoms with Crippen molar-refractivity contribution < 1.29 is 9.21 Å². The summed E-state index contributed by atoms with van der Waals surface area (Å²) in [6, 6.07) is 17.0. The molecule has 2 heterocycles. The molecule has 0 unspecified atom stereocenters. The summed E-state index contributed by atoms with van der Waals surface area (Å²) in [4.78, 5) is 12.8. The zero-order chi connectivity index (χ0) is 21.3. The second-order valence-electron chi connectivity index (χ2n) is 7.01. The number of carbonyl (C=O) groups is 1. The molecule has 152 valence electrons. The quantitative estimate of drug-likeness (QED) is 0.457. The van der Waals surface area contributed by atoms with Gasteiger partial charge in [-0.3, -0.25) is 4.79 Å². The monoisotopic (exact) mass is 465 g/mol. The maximum atomic E-state index is 12.8. The lowest BCUT2D eigenvalue weighted by atomic mass is 10.1. The summed E-state index contributed by atoms with van der Waals surface area (Å²) >= 11 is 3.43. The van der Waals surface area contributed by atoms with Gasteiger partial charge in [0.2, 0.25) is 5.89 Å². The van der Waals surface area contributed by atoms with Crippen LogP contribution in [0.4, 0.5) is 0 Å². The summed E-state index contributed by atoms with van der Waals surface area (Å²) < 4.78 is 8.22. The molecular formula is C22H20BrN5O2. The van der Waals surface area contributed by atoms with E-state index >= 15 is 0 Å². The van der Waals surface area contributed by atoms with E-state index in [1.54, 1.807) is 17.7 Å². The van der Waals surface area contributed by atoms with Crippen molar-refractivity contribution in [1.29, 1.82) is 0 Å². The highest BCUT2D eigenvalue weighted by Crippen LogP contribution is 2.21. The molecule has 2 aromatic carbocycles. The molecule has 0 aliphatic heterocycles. The number of rotatable bonds is 5. The molecule has 1 atom stereocenters. The second-order valence-corrected chi connectivity index (χ2v) is 7.92. The number of aryl methyl sites for hydroxylation is 2. The summed E-state index contributed by atoms with van der Waals surface area (Å²) in [5.74, 6) is 0.701. The summed E-state index contributed by atoms with van der Waals surface area (Å²) in [6.45, 7) is 5.63. The lowest BCUT2D eigenvalue weighted by Crippen LogP contribution is -2.26. The first-order valence-electron chi connectivity index (χ1n) is 9.44. The Morgan fingerprint density at radius 3 is 2.57 bits per heavy atom. The number of hydrogen-bond donors (Lipinski definition) is 1. The predicted molar refractivity (Wildman–Crippen MR) is 116 cm³/mol. The van der Waals surface area contributed by atoms with Gasteiger partial charge in [-0.25, -0.2) is 4.68 Å². The number of halogens is 1. The van der Waals surface area contributed by atoms with E-state index in [1.165, 1.54) is 0 Å². The Morgan fingerprint density at radius 2 is 1.87 bits per heavy atom. The van der Waals surface area contributed by atoms with Crippen LogP contribution in [0.15, 0.2) is 63.5 Å². The van der Waals surface area contributed by atoms with E-state index < -0.39 is 0 Å². The van der Waals surface area contributed by atoms with Crippen LogP contribution < -0.4 is 5.32 Å². The van der Waals surface area contributed by atoms with Gasteiger partial charge >= 0.3 is 0 Å². The number of amides is 1. The Labute approximate surface area is 182 Å². The molecule has 1 amide bonds. The van der Waals surface area contributed by atoms with Crippen LogP contribution in [-0.2, 0) is 0 Å². The van der Waals surface area contributed by atoms with Crippen LogP contribution in [0.25, 0.3) is 17.3 Å². The predicted octanol–water partition coefficient (Wildman–Crippen LogP) is 4.79. The maximum Gasteiger partial charge on any atom is 0.268 e. The van der Waals surface area contributed by atoms with E-state index in [1.807, 2.05) is 62.4 Å². The SMILES string of the molecule is Cc1nnc(-c2cc(C)n(-c3cccc(C(=O)N[C@H](C)c4ccc(Br)cc4)c3)n2)o1. The van der Waals surface area contributed by atoms with E-state index in [4.69, 9.17) is 4.42 Å². The summed E-state index contributed by atoms with van der Waals surface area (Å²) in [6.07, 6.45) is 0. The largest absolute Gasteiger partial charge is 0.420 e. The van der Waals surface area contributed by atoms with Crippen molar-refractivity contribution in [3.05, 3.63) is 81.8 Å².